The third-order valence-electron chi connectivity index (χ3n) is 0. The summed E-state index contributed by atoms with van der Waals surface area (Å²) in [6.07, 6.45) is 0. The second-order valence-electron chi connectivity index (χ2n) is 0.378. The predicted molar refractivity (Wildman–Crippen MR) is 27.8 cm³/mol. The quantitative estimate of drug-likeness (QED) is 0.370. The molecule has 34 valence electrons. The molecule has 0 amide bonds. The molecule has 0 fully saturated rings. The third kappa shape index (κ3) is 48.5. The Morgan fingerprint density at radius 1 is 1.17 bits per heavy atom. The zero-order chi connectivity index (χ0) is 4.50. The minimum absolute atomic E-state index is 0. The summed E-state index contributed by atoms with van der Waals surface area (Å²) in [4.78, 5) is 0. The second kappa shape index (κ2) is 3.52. The van der Waals surface area contributed by atoms with Crippen molar-refractivity contribution in [3.8, 4) is 0 Å². The van der Waals surface area contributed by atoms with E-state index in [-0.39, 0.29) is 29.6 Å². The van der Waals surface area contributed by atoms with Gasteiger partial charge in [-0.05, 0) is 0 Å². The van der Waals surface area contributed by atoms with Crippen molar-refractivity contribution in [3.63, 3.8) is 0 Å². The minimum atomic E-state index is -3.72. The number of hydrogen-bond acceptors (Lipinski definition) is 2. The third-order valence-corrected chi connectivity index (χ3v) is 0. The fraction of sp³-hybridized carbons (Fsp3) is 0. The molecule has 6 heteroatoms. The van der Waals surface area contributed by atoms with Crippen LogP contribution in [-0.2, 0) is 8.26 Å². The Hall–Kier alpha value is 1.53. The van der Waals surface area contributed by atoms with E-state index >= 15 is 0 Å². The summed E-state index contributed by atoms with van der Waals surface area (Å²) in [5.41, 5.74) is 0. The Labute approximate surface area is 67.0 Å². The van der Waals surface area contributed by atoms with E-state index in [9.17, 15) is 0 Å². The Kier molecular flexibility index (Phi) is 6.16. The van der Waals surface area contributed by atoms with Crippen LogP contribution in [0.25, 0.3) is 0 Å². The average molecular weight is 159 g/mol. The zero-order valence-electron chi connectivity index (χ0n) is 1.98. The van der Waals surface area contributed by atoms with Crippen LogP contribution in [-0.4, -0.2) is 38.0 Å². The van der Waals surface area contributed by atoms with Gasteiger partial charge in [-0.15, -0.1) is 0 Å². The molecule has 0 aromatic heterocycles. The first kappa shape index (κ1) is 10.5. The summed E-state index contributed by atoms with van der Waals surface area (Å²) in [6, 6.07) is 0. The summed E-state index contributed by atoms with van der Waals surface area (Å²) in [7, 11) is 4.81. The molecule has 0 aromatic rings. The molecular weight excluding hydrogens is 158 g/mol. The van der Waals surface area contributed by atoms with Gasteiger partial charge < -0.3 is 0 Å². The maximum absolute atomic E-state index is 9.16. The van der Waals surface area contributed by atoms with E-state index < -0.39 is 8.26 Å². The average Bonchev–Trinajstić information content (AvgIpc) is 0.722. The van der Waals surface area contributed by atoms with E-state index in [1.807, 2.05) is 0 Å². The van der Waals surface area contributed by atoms with Crippen LogP contribution in [0.3, 0.4) is 0 Å². The van der Waals surface area contributed by atoms with Gasteiger partial charge in [0.05, 0.1) is 0 Å². The van der Waals surface area contributed by atoms with Crippen molar-refractivity contribution in [2.75, 3.05) is 0 Å². The molecule has 0 spiro atoms. The Morgan fingerprint density at radius 3 is 1.17 bits per heavy atom. The van der Waals surface area contributed by atoms with E-state index in [0.717, 1.165) is 0 Å². The predicted octanol–water partition coefficient (Wildman–Crippen LogP) is 0.0603. The fourth-order valence-corrected chi connectivity index (χ4v) is 0. The molecule has 0 saturated heterocycles. The first-order chi connectivity index (χ1) is 2.00. The van der Waals surface area contributed by atoms with E-state index in [0.29, 0.717) is 0 Å². The topological polar surface area (TPSA) is 34.1 Å². The Balaban J connectivity index is 0. The molecule has 0 bridgehead atoms. The molecule has 2 nitrogen and oxygen atoms in total. The second-order valence-corrected chi connectivity index (χ2v) is 4.05. The first-order valence-electron chi connectivity index (χ1n) is 0.642. The summed E-state index contributed by atoms with van der Waals surface area (Å²) < 4.78 is 18.3. The maximum atomic E-state index is 9.16. The number of halogens is 2. The number of hydrogen-bond donors (Lipinski definition) is 0. The Morgan fingerprint density at radius 2 is 1.17 bits per heavy atom. The van der Waals surface area contributed by atoms with Crippen LogP contribution < -0.4 is 0 Å². The van der Waals surface area contributed by atoms with Gasteiger partial charge in [-0.25, -0.2) is 0 Å². The molecule has 0 saturated carbocycles. The van der Waals surface area contributed by atoms with Crippen LogP contribution >= 0.6 is 21.4 Å². The molecule has 0 aliphatic heterocycles. The van der Waals surface area contributed by atoms with Crippen molar-refractivity contribution in [3.05, 3.63) is 0 Å². The zero-order valence-corrected chi connectivity index (χ0v) is 4.31. The molecule has 0 aromatic carbocycles. The van der Waals surface area contributed by atoms with Crippen LogP contribution in [0, 0.1) is 0 Å². The van der Waals surface area contributed by atoms with Crippen molar-refractivity contribution in [1.29, 1.82) is 0 Å². The van der Waals surface area contributed by atoms with E-state index in [1.165, 1.54) is 0 Å². The molecule has 0 unspecified atom stereocenters. The van der Waals surface area contributed by atoms with Gasteiger partial charge in [-0.1, -0.05) is 0 Å². The molecule has 0 atom stereocenters. The van der Waals surface area contributed by atoms with Gasteiger partial charge in [-0.3, -0.25) is 0 Å². The Bertz CT molecular complexity index is 94.7. The van der Waals surface area contributed by atoms with Gasteiger partial charge in [0, 0.05) is 21.4 Å². The normalized spacial score (nSPS) is 9.67. The van der Waals surface area contributed by atoms with E-state index in [1.54, 1.807) is 0 Å². The van der Waals surface area contributed by atoms with Crippen LogP contribution in [0.5, 0.6) is 0 Å². The van der Waals surface area contributed by atoms with Crippen LogP contribution in [0.4, 0.5) is 0 Å². The van der Waals surface area contributed by atoms with Crippen molar-refractivity contribution in [2.45, 2.75) is 0 Å². The molecular formula is HCl2NaO2S. The SMILES string of the molecule is O=S(=O)(Cl)Cl.[NaH]. The molecule has 0 rings (SSSR count). The van der Waals surface area contributed by atoms with Crippen molar-refractivity contribution >= 4 is 59.2 Å². The van der Waals surface area contributed by atoms with E-state index in [4.69, 9.17) is 8.42 Å². The standard InChI is InChI=1S/Cl2O2S.Na.H/c1-5(2,3)4;;. The first-order valence-corrected chi connectivity index (χ1v) is 3.78. The summed E-state index contributed by atoms with van der Waals surface area (Å²) >= 11 is 0. The summed E-state index contributed by atoms with van der Waals surface area (Å²) in [6.45, 7) is 0. The van der Waals surface area contributed by atoms with Crippen molar-refractivity contribution in [2.24, 2.45) is 0 Å². The van der Waals surface area contributed by atoms with Gasteiger partial charge in [0.25, 0.3) is 0 Å². The van der Waals surface area contributed by atoms with E-state index in [2.05, 4.69) is 21.4 Å². The monoisotopic (exact) mass is 158 g/mol. The molecule has 0 aliphatic carbocycles. The van der Waals surface area contributed by atoms with Gasteiger partial charge in [0.15, 0.2) is 0 Å². The van der Waals surface area contributed by atoms with Crippen LogP contribution in [0.1, 0.15) is 0 Å². The number of rotatable bonds is 0. The summed E-state index contributed by atoms with van der Waals surface area (Å²) in [5, 5.41) is 0. The van der Waals surface area contributed by atoms with Crippen molar-refractivity contribution < 1.29 is 8.42 Å². The van der Waals surface area contributed by atoms with Gasteiger partial charge >= 0.3 is 37.8 Å². The molecule has 0 heterocycles. The van der Waals surface area contributed by atoms with Gasteiger partial charge in [0.2, 0.25) is 0 Å². The molecule has 6 heavy (non-hydrogen) atoms. The van der Waals surface area contributed by atoms with Crippen molar-refractivity contribution in [1.82, 2.24) is 0 Å². The van der Waals surface area contributed by atoms with Gasteiger partial charge in [-0.2, -0.15) is 8.42 Å². The van der Waals surface area contributed by atoms with Gasteiger partial charge in [0.1, 0.15) is 0 Å². The summed E-state index contributed by atoms with van der Waals surface area (Å²) in [5.74, 6) is 0. The molecule has 0 radical (unpaired) electrons. The fourth-order valence-electron chi connectivity index (χ4n) is 0. The molecule has 0 N–H and O–H groups in total. The van der Waals surface area contributed by atoms with Crippen LogP contribution in [0.2, 0.25) is 0 Å². The van der Waals surface area contributed by atoms with Crippen LogP contribution in [0.15, 0.2) is 0 Å². The molecule has 0 aliphatic rings.